The van der Waals surface area contributed by atoms with Gasteiger partial charge in [0.2, 0.25) is 5.91 Å². The average Bonchev–Trinajstić information content (AvgIpc) is 3.54. The summed E-state index contributed by atoms with van der Waals surface area (Å²) in [5, 5.41) is 0. The van der Waals surface area contributed by atoms with Gasteiger partial charge in [-0.15, -0.1) is 0 Å². The molecule has 0 atom stereocenters. The predicted octanol–water partition coefficient (Wildman–Crippen LogP) is 3.55. The number of carbonyl (C=O) groups excluding carboxylic acids is 3. The minimum absolute atomic E-state index is 0.0894. The molecule has 0 spiro atoms. The van der Waals surface area contributed by atoms with Crippen molar-refractivity contribution in [2.24, 2.45) is 17.8 Å². The van der Waals surface area contributed by atoms with Crippen molar-refractivity contribution in [2.45, 2.75) is 69.5 Å². The van der Waals surface area contributed by atoms with Crippen LogP contribution in [-0.4, -0.2) is 57.2 Å². The first-order valence-corrected chi connectivity index (χ1v) is 12.1. The first-order valence-electron chi connectivity index (χ1n) is 12.1. The summed E-state index contributed by atoms with van der Waals surface area (Å²) in [7, 11) is 0. The lowest BCUT2D eigenvalue weighted by molar-refractivity contribution is -0.154. The van der Waals surface area contributed by atoms with Crippen LogP contribution in [0.1, 0.15) is 56.9 Å². The Labute approximate surface area is 187 Å². The maximum atomic E-state index is 13.8. The van der Waals surface area contributed by atoms with E-state index >= 15 is 0 Å². The first-order chi connectivity index (χ1) is 15.4. The molecule has 1 aliphatic heterocycles. The van der Waals surface area contributed by atoms with Crippen LogP contribution in [0.3, 0.4) is 0 Å². The first kappa shape index (κ1) is 20.2. The molecule has 1 saturated heterocycles. The van der Waals surface area contributed by atoms with E-state index in [1.165, 1.54) is 31.4 Å². The lowest BCUT2D eigenvalue weighted by Gasteiger charge is -2.60. The van der Waals surface area contributed by atoms with E-state index in [0.717, 1.165) is 42.6 Å². The van der Waals surface area contributed by atoms with E-state index in [2.05, 4.69) is 0 Å². The van der Waals surface area contributed by atoms with Crippen LogP contribution in [0.25, 0.3) is 0 Å². The normalized spacial score (nSPS) is 33.3. The van der Waals surface area contributed by atoms with Gasteiger partial charge in [-0.1, -0.05) is 12.1 Å². The quantitative estimate of drug-likeness (QED) is 0.637. The molecule has 1 aromatic rings. The Kier molecular flexibility index (Phi) is 4.60. The molecule has 4 bridgehead atoms. The molecule has 5 aliphatic carbocycles. The zero-order valence-corrected chi connectivity index (χ0v) is 18.3. The summed E-state index contributed by atoms with van der Waals surface area (Å²) in [6.07, 6.45) is 8.66. The third-order valence-corrected chi connectivity index (χ3v) is 8.50. The highest BCUT2D eigenvalue weighted by atomic mass is 19.1. The lowest BCUT2D eigenvalue weighted by atomic mass is 9.52. The third kappa shape index (κ3) is 3.41. The Morgan fingerprint density at radius 3 is 2.16 bits per heavy atom. The summed E-state index contributed by atoms with van der Waals surface area (Å²) >= 11 is 0. The molecule has 4 amide bonds. The topological polar surface area (TPSA) is 60.9 Å². The standard InChI is InChI=1S/C25H30FN3O3/c26-20-3-1-16(2-4-20)13-29(25-10-17-7-18(11-25)9-19(8-17)12-25)23(31)15-28-22(30)14-27(24(28)32)21-5-6-21/h1-4,17-19,21H,5-15H2. The maximum absolute atomic E-state index is 13.8. The summed E-state index contributed by atoms with van der Waals surface area (Å²) in [4.78, 5) is 43.9. The molecule has 1 aromatic carbocycles. The molecular formula is C25H30FN3O3. The van der Waals surface area contributed by atoms with Gasteiger partial charge >= 0.3 is 6.03 Å². The minimum atomic E-state index is -0.321. The van der Waals surface area contributed by atoms with Crippen molar-refractivity contribution >= 4 is 17.8 Å². The largest absolute Gasteiger partial charge is 0.331 e. The van der Waals surface area contributed by atoms with Crippen molar-refractivity contribution < 1.29 is 18.8 Å². The van der Waals surface area contributed by atoms with Crippen LogP contribution < -0.4 is 0 Å². The van der Waals surface area contributed by atoms with E-state index in [9.17, 15) is 18.8 Å². The zero-order valence-electron chi connectivity index (χ0n) is 18.3. The second-order valence-electron chi connectivity index (χ2n) is 10.9. The average molecular weight is 440 g/mol. The van der Waals surface area contributed by atoms with Gasteiger partial charge in [0.1, 0.15) is 18.9 Å². The summed E-state index contributed by atoms with van der Waals surface area (Å²) < 4.78 is 13.5. The van der Waals surface area contributed by atoms with Gasteiger partial charge in [0.15, 0.2) is 0 Å². The van der Waals surface area contributed by atoms with Crippen molar-refractivity contribution in [1.82, 2.24) is 14.7 Å². The number of hydrogen-bond acceptors (Lipinski definition) is 3. The molecule has 6 fully saturated rings. The van der Waals surface area contributed by atoms with Crippen LogP contribution in [0.2, 0.25) is 0 Å². The van der Waals surface area contributed by atoms with Gasteiger partial charge in [-0.05, 0) is 86.8 Å². The third-order valence-electron chi connectivity index (χ3n) is 8.50. The molecule has 0 N–H and O–H groups in total. The Morgan fingerprint density at radius 1 is 1.00 bits per heavy atom. The Bertz CT molecular complexity index is 922. The van der Waals surface area contributed by atoms with Gasteiger partial charge in [-0.25, -0.2) is 9.18 Å². The van der Waals surface area contributed by atoms with Crippen LogP contribution in [0, 0.1) is 23.6 Å². The molecule has 32 heavy (non-hydrogen) atoms. The van der Waals surface area contributed by atoms with Gasteiger partial charge < -0.3 is 9.80 Å². The highest BCUT2D eigenvalue weighted by Gasteiger charge is 2.55. The molecule has 0 radical (unpaired) electrons. The van der Waals surface area contributed by atoms with Crippen LogP contribution >= 0.6 is 0 Å². The SMILES string of the molecule is O=C1CN(C2CC2)C(=O)N1CC(=O)N(Cc1ccc(F)cc1)C12CC3CC(CC(C3)C1)C2. The monoisotopic (exact) mass is 439 g/mol. The van der Waals surface area contributed by atoms with E-state index in [-0.39, 0.29) is 48.3 Å². The van der Waals surface area contributed by atoms with E-state index < -0.39 is 0 Å². The smallest absolute Gasteiger partial charge is 0.327 e. The number of halogens is 1. The Morgan fingerprint density at radius 2 is 1.59 bits per heavy atom. The second-order valence-corrected chi connectivity index (χ2v) is 10.9. The fourth-order valence-electron chi connectivity index (χ4n) is 7.30. The lowest BCUT2D eigenvalue weighted by Crippen LogP contribution is -2.62. The van der Waals surface area contributed by atoms with Crippen molar-refractivity contribution in [2.75, 3.05) is 13.1 Å². The molecule has 1 heterocycles. The predicted molar refractivity (Wildman–Crippen MR) is 115 cm³/mol. The van der Waals surface area contributed by atoms with Gasteiger partial charge in [-0.3, -0.25) is 14.5 Å². The summed E-state index contributed by atoms with van der Waals surface area (Å²) in [5.74, 6) is 1.24. The zero-order chi connectivity index (χ0) is 22.0. The van der Waals surface area contributed by atoms with Crippen molar-refractivity contribution in [3.05, 3.63) is 35.6 Å². The van der Waals surface area contributed by atoms with Gasteiger partial charge in [0.05, 0.1) is 0 Å². The van der Waals surface area contributed by atoms with E-state index in [4.69, 9.17) is 0 Å². The van der Waals surface area contributed by atoms with Gasteiger partial charge in [0, 0.05) is 18.1 Å². The summed E-state index contributed by atoms with van der Waals surface area (Å²) in [6, 6.07) is 6.16. The van der Waals surface area contributed by atoms with E-state index in [1.807, 2.05) is 4.90 Å². The number of benzene rings is 1. The van der Waals surface area contributed by atoms with Crippen LogP contribution in [0.4, 0.5) is 9.18 Å². The van der Waals surface area contributed by atoms with Crippen LogP contribution in [0.15, 0.2) is 24.3 Å². The Balaban J connectivity index is 1.27. The molecule has 0 aromatic heterocycles. The number of amides is 4. The van der Waals surface area contributed by atoms with Crippen molar-refractivity contribution in [3.8, 4) is 0 Å². The maximum Gasteiger partial charge on any atom is 0.327 e. The van der Waals surface area contributed by atoms with E-state index in [1.54, 1.807) is 17.0 Å². The van der Waals surface area contributed by atoms with Crippen LogP contribution in [-0.2, 0) is 16.1 Å². The van der Waals surface area contributed by atoms with Crippen molar-refractivity contribution in [3.63, 3.8) is 0 Å². The van der Waals surface area contributed by atoms with Gasteiger partial charge in [-0.2, -0.15) is 0 Å². The highest BCUT2D eigenvalue weighted by molar-refractivity contribution is 6.04. The molecule has 7 rings (SSSR count). The minimum Gasteiger partial charge on any atom is -0.331 e. The highest BCUT2D eigenvalue weighted by Crippen LogP contribution is 2.58. The van der Waals surface area contributed by atoms with Crippen LogP contribution in [0.5, 0.6) is 0 Å². The Hall–Kier alpha value is -2.44. The number of imide groups is 1. The molecule has 170 valence electrons. The molecular weight excluding hydrogens is 409 g/mol. The number of urea groups is 1. The number of carbonyl (C=O) groups is 3. The molecule has 5 saturated carbocycles. The second kappa shape index (κ2) is 7.29. The summed E-state index contributed by atoms with van der Waals surface area (Å²) in [5.41, 5.74) is 0.677. The molecule has 7 heteroatoms. The van der Waals surface area contributed by atoms with Gasteiger partial charge in [0.25, 0.3) is 5.91 Å². The number of rotatable bonds is 6. The number of nitrogens with zero attached hydrogens (tertiary/aromatic N) is 3. The molecule has 6 nitrogen and oxygen atoms in total. The van der Waals surface area contributed by atoms with E-state index in [0.29, 0.717) is 24.3 Å². The fraction of sp³-hybridized carbons (Fsp3) is 0.640. The summed E-state index contributed by atoms with van der Waals surface area (Å²) in [6.45, 7) is 0.295. The number of hydrogen-bond donors (Lipinski definition) is 0. The van der Waals surface area contributed by atoms with Crippen molar-refractivity contribution in [1.29, 1.82) is 0 Å². The fourth-order valence-corrected chi connectivity index (χ4v) is 7.30. The molecule has 0 unspecified atom stereocenters. The molecule has 6 aliphatic rings.